The fourth-order valence-electron chi connectivity index (χ4n) is 3.35. The molecule has 0 saturated carbocycles. The summed E-state index contributed by atoms with van der Waals surface area (Å²) in [5, 5.41) is 20.3. The molecular formula is C20H37N5O5S. The van der Waals surface area contributed by atoms with Crippen LogP contribution < -0.4 is 27.0 Å². The van der Waals surface area contributed by atoms with Gasteiger partial charge >= 0.3 is 5.97 Å². The van der Waals surface area contributed by atoms with Crippen molar-refractivity contribution in [3.05, 3.63) is 0 Å². The van der Waals surface area contributed by atoms with Gasteiger partial charge in [0.05, 0.1) is 6.04 Å². The van der Waals surface area contributed by atoms with Crippen LogP contribution in [-0.4, -0.2) is 71.8 Å². The van der Waals surface area contributed by atoms with Crippen molar-refractivity contribution in [1.29, 1.82) is 0 Å². The van der Waals surface area contributed by atoms with Crippen molar-refractivity contribution < 1.29 is 24.3 Å². The van der Waals surface area contributed by atoms with E-state index < -0.39 is 35.9 Å². The van der Waals surface area contributed by atoms with Gasteiger partial charge in [0.15, 0.2) is 0 Å². The molecule has 0 aromatic heterocycles. The van der Waals surface area contributed by atoms with Crippen LogP contribution in [-0.2, 0) is 19.2 Å². The largest absolute Gasteiger partial charge is 0.480 e. The number of nitrogens with two attached hydrogens (primary N) is 1. The van der Waals surface area contributed by atoms with Crippen molar-refractivity contribution in [2.75, 3.05) is 18.8 Å². The number of carbonyl (C=O) groups is 4. The van der Waals surface area contributed by atoms with Gasteiger partial charge in [-0.15, -0.1) is 0 Å². The molecule has 1 aliphatic heterocycles. The highest BCUT2D eigenvalue weighted by atomic mass is 32.1. The normalized spacial score (nSPS) is 19.7. The maximum atomic E-state index is 12.9. The summed E-state index contributed by atoms with van der Waals surface area (Å²) in [6, 6.07) is -3.24. The minimum Gasteiger partial charge on any atom is -0.480 e. The first-order chi connectivity index (χ1) is 14.7. The van der Waals surface area contributed by atoms with Crippen LogP contribution >= 0.6 is 12.6 Å². The van der Waals surface area contributed by atoms with E-state index in [1.807, 2.05) is 6.92 Å². The number of rotatable bonds is 14. The molecule has 1 aliphatic rings. The Hall–Kier alpha value is -1.85. The van der Waals surface area contributed by atoms with Gasteiger partial charge in [-0.05, 0) is 51.1 Å². The highest BCUT2D eigenvalue weighted by molar-refractivity contribution is 7.80. The van der Waals surface area contributed by atoms with E-state index in [1.165, 1.54) is 0 Å². The molecule has 1 rings (SSSR count). The average molecular weight is 460 g/mol. The lowest BCUT2D eigenvalue weighted by atomic mass is 9.99. The third kappa shape index (κ3) is 9.04. The lowest BCUT2D eigenvalue weighted by Crippen LogP contribution is -2.58. The maximum Gasteiger partial charge on any atom is 0.326 e. The number of hydrogen-bond acceptors (Lipinski definition) is 7. The second-order valence-electron chi connectivity index (χ2n) is 7.95. The Morgan fingerprint density at radius 3 is 2.32 bits per heavy atom. The zero-order valence-electron chi connectivity index (χ0n) is 18.4. The quantitative estimate of drug-likeness (QED) is 0.134. The van der Waals surface area contributed by atoms with Crippen molar-refractivity contribution in [2.45, 2.75) is 76.5 Å². The van der Waals surface area contributed by atoms with Crippen LogP contribution in [0.15, 0.2) is 0 Å². The van der Waals surface area contributed by atoms with Crippen LogP contribution in [0.25, 0.3) is 0 Å². The van der Waals surface area contributed by atoms with Crippen molar-refractivity contribution in [3.8, 4) is 0 Å². The molecule has 1 saturated heterocycles. The molecule has 11 heteroatoms. The van der Waals surface area contributed by atoms with Crippen molar-refractivity contribution >= 4 is 36.3 Å². The third-order valence-corrected chi connectivity index (χ3v) is 5.91. The predicted molar refractivity (Wildman–Crippen MR) is 121 cm³/mol. The van der Waals surface area contributed by atoms with Crippen LogP contribution in [0.3, 0.4) is 0 Å². The number of carbonyl (C=O) groups excluding carboxylic acids is 3. The Bertz CT molecular complexity index is 615. The Kier molecular flexibility index (Phi) is 12.5. The summed E-state index contributed by atoms with van der Waals surface area (Å²) in [6.45, 7) is 4.79. The molecule has 1 fully saturated rings. The molecule has 7 N–H and O–H groups in total. The predicted octanol–water partition coefficient (Wildman–Crippen LogP) is -0.618. The second-order valence-corrected chi connectivity index (χ2v) is 8.31. The van der Waals surface area contributed by atoms with Gasteiger partial charge in [-0.1, -0.05) is 20.3 Å². The molecule has 0 radical (unpaired) electrons. The molecule has 5 atom stereocenters. The number of hydrogen-bond donors (Lipinski definition) is 7. The van der Waals surface area contributed by atoms with E-state index in [0.29, 0.717) is 38.6 Å². The number of nitrogens with one attached hydrogen (secondary N) is 4. The van der Waals surface area contributed by atoms with Crippen LogP contribution in [0.4, 0.5) is 0 Å². The summed E-state index contributed by atoms with van der Waals surface area (Å²) in [5.41, 5.74) is 5.53. The number of thiol groups is 1. The van der Waals surface area contributed by atoms with E-state index in [4.69, 9.17) is 5.73 Å². The van der Waals surface area contributed by atoms with Gasteiger partial charge in [0.2, 0.25) is 17.7 Å². The maximum absolute atomic E-state index is 12.9. The monoisotopic (exact) mass is 459 g/mol. The van der Waals surface area contributed by atoms with Crippen molar-refractivity contribution in [1.82, 2.24) is 21.3 Å². The van der Waals surface area contributed by atoms with Crippen molar-refractivity contribution in [3.63, 3.8) is 0 Å². The Labute approximate surface area is 189 Å². The fraction of sp³-hybridized carbons (Fsp3) is 0.800. The molecule has 10 nitrogen and oxygen atoms in total. The number of carboxylic acids is 1. The Morgan fingerprint density at radius 2 is 1.81 bits per heavy atom. The van der Waals surface area contributed by atoms with Gasteiger partial charge in [0, 0.05) is 5.75 Å². The molecule has 0 aromatic carbocycles. The molecule has 5 unspecified atom stereocenters. The lowest BCUT2D eigenvalue weighted by Gasteiger charge is -2.26. The zero-order chi connectivity index (χ0) is 23.4. The highest BCUT2D eigenvalue weighted by Crippen LogP contribution is 2.10. The number of carboxylic acid groups (broad SMARTS) is 1. The third-order valence-electron chi connectivity index (χ3n) is 5.55. The van der Waals surface area contributed by atoms with Crippen LogP contribution in [0.1, 0.15) is 52.4 Å². The van der Waals surface area contributed by atoms with E-state index in [-0.39, 0.29) is 23.6 Å². The molecule has 178 valence electrons. The summed E-state index contributed by atoms with van der Waals surface area (Å²) < 4.78 is 0. The molecule has 31 heavy (non-hydrogen) atoms. The molecule has 0 spiro atoms. The summed E-state index contributed by atoms with van der Waals surface area (Å²) in [6.07, 6.45) is 3.89. The average Bonchev–Trinajstić information content (AvgIpc) is 3.29. The van der Waals surface area contributed by atoms with Crippen LogP contribution in [0, 0.1) is 5.92 Å². The SMILES string of the molecule is CCC(C)C(NC(=O)C(CS)NC(=O)C(CCCCN)NC(=O)C1CCCN1)C(=O)O. The fourth-order valence-corrected chi connectivity index (χ4v) is 3.60. The number of aliphatic carboxylic acids is 1. The minimum absolute atomic E-state index is 0.0158. The molecule has 3 amide bonds. The summed E-state index contributed by atoms with van der Waals surface area (Å²) in [4.78, 5) is 49.4. The van der Waals surface area contributed by atoms with Crippen LogP contribution in [0.5, 0.6) is 0 Å². The molecule has 0 aromatic rings. The van der Waals surface area contributed by atoms with Gasteiger partial charge in [-0.2, -0.15) is 12.6 Å². The van der Waals surface area contributed by atoms with Gasteiger partial charge in [-0.3, -0.25) is 14.4 Å². The zero-order valence-corrected chi connectivity index (χ0v) is 19.2. The minimum atomic E-state index is -1.14. The molecular weight excluding hydrogens is 422 g/mol. The van der Waals surface area contributed by atoms with Crippen molar-refractivity contribution in [2.24, 2.45) is 11.7 Å². The van der Waals surface area contributed by atoms with E-state index in [9.17, 15) is 24.3 Å². The standard InChI is InChI=1S/C20H37N5O5S/c1-3-12(2)16(20(29)30)25-19(28)15(11-31)24-18(27)14(7-4-5-9-21)23-17(26)13-8-6-10-22-13/h12-16,22,31H,3-11,21H2,1-2H3,(H,23,26)(H,24,27)(H,25,28)(H,29,30). The first kappa shape index (κ1) is 27.2. The first-order valence-corrected chi connectivity index (χ1v) is 11.6. The smallest absolute Gasteiger partial charge is 0.326 e. The Balaban J connectivity index is 2.79. The molecule has 0 aliphatic carbocycles. The number of unbranched alkanes of at least 4 members (excludes halogenated alkanes) is 1. The van der Waals surface area contributed by atoms with E-state index in [2.05, 4.69) is 33.9 Å². The summed E-state index contributed by atoms with van der Waals surface area (Å²) in [7, 11) is 0. The van der Waals surface area contributed by atoms with E-state index >= 15 is 0 Å². The number of amides is 3. The van der Waals surface area contributed by atoms with Gasteiger partial charge in [0.25, 0.3) is 0 Å². The van der Waals surface area contributed by atoms with E-state index in [0.717, 1.165) is 13.0 Å². The van der Waals surface area contributed by atoms with Crippen LogP contribution in [0.2, 0.25) is 0 Å². The molecule has 1 heterocycles. The molecule has 0 bridgehead atoms. The summed E-state index contributed by atoms with van der Waals surface area (Å²) in [5.74, 6) is -2.81. The Morgan fingerprint density at radius 1 is 1.13 bits per heavy atom. The lowest BCUT2D eigenvalue weighted by molar-refractivity contribution is -0.143. The van der Waals surface area contributed by atoms with Gasteiger partial charge in [0.1, 0.15) is 18.1 Å². The second kappa shape index (κ2) is 14.3. The van der Waals surface area contributed by atoms with Gasteiger partial charge < -0.3 is 32.1 Å². The highest BCUT2D eigenvalue weighted by Gasteiger charge is 2.32. The van der Waals surface area contributed by atoms with Gasteiger partial charge in [-0.25, -0.2) is 4.79 Å². The topological polar surface area (TPSA) is 163 Å². The summed E-state index contributed by atoms with van der Waals surface area (Å²) >= 11 is 4.14. The first-order valence-electron chi connectivity index (χ1n) is 10.9. The van der Waals surface area contributed by atoms with E-state index in [1.54, 1.807) is 6.92 Å².